The number of rotatable bonds is 3. The van der Waals surface area contributed by atoms with Crippen molar-refractivity contribution in [3.63, 3.8) is 0 Å². The van der Waals surface area contributed by atoms with Gasteiger partial charge in [-0.2, -0.15) is 0 Å². The first kappa shape index (κ1) is 19.7. The zero-order valence-corrected chi connectivity index (χ0v) is 16.8. The monoisotopic (exact) mass is 412 g/mol. The SMILES string of the molecule is O=C(Nc1ccc(C2CCCCC2)cc1)C1C(=O)N[C@H]2C(C1=O)[C@@H]1C[C@H]2C(O)C1O. The maximum Gasteiger partial charge on any atom is 0.244 e. The van der Waals surface area contributed by atoms with Gasteiger partial charge in [-0.15, -0.1) is 0 Å². The molecular formula is C23H28N2O5. The number of carbonyl (C=O) groups excluding carboxylic acids is 3. The molecule has 4 fully saturated rings. The molecule has 2 bridgehead atoms. The summed E-state index contributed by atoms with van der Waals surface area (Å²) in [4.78, 5) is 38.4. The molecule has 1 saturated heterocycles. The molecule has 4 N–H and O–H groups in total. The highest BCUT2D eigenvalue weighted by molar-refractivity contribution is 6.23. The predicted octanol–water partition coefficient (Wildman–Crippen LogP) is 1.34. The van der Waals surface area contributed by atoms with Crippen LogP contribution in [0, 0.1) is 23.7 Å². The Labute approximate surface area is 175 Å². The number of nitrogens with one attached hydrogen (secondary N) is 2. The third kappa shape index (κ3) is 3.06. The predicted molar refractivity (Wildman–Crippen MR) is 108 cm³/mol. The van der Waals surface area contributed by atoms with Crippen LogP contribution < -0.4 is 10.6 Å². The summed E-state index contributed by atoms with van der Waals surface area (Å²) in [6, 6.07) is 7.18. The van der Waals surface area contributed by atoms with Gasteiger partial charge in [0.15, 0.2) is 11.7 Å². The van der Waals surface area contributed by atoms with E-state index in [9.17, 15) is 24.6 Å². The first-order chi connectivity index (χ1) is 14.5. The summed E-state index contributed by atoms with van der Waals surface area (Å²) in [5.74, 6) is -3.92. The van der Waals surface area contributed by atoms with Gasteiger partial charge in [0, 0.05) is 23.6 Å². The number of aliphatic hydroxyl groups excluding tert-OH is 2. The molecule has 4 aliphatic rings. The second-order valence-corrected chi connectivity index (χ2v) is 9.39. The van der Waals surface area contributed by atoms with Crippen molar-refractivity contribution < 1.29 is 24.6 Å². The molecule has 7 heteroatoms. The van der Waals surface area contributed by atoms with Crippen LogP contribution in [0.3, 0.4) is 0 Å². The van der Waals surface area contributed by atoms with E-state index in [1.54, 1.807) is 0 Å². The Morgan fingerprint density at radius 2 is 1.63 bits per heavy atom. The van der Waals surface area contributed by atoms with Crippen LogP contribution in [0.5, 0.6) is 0 Å². The molecule has 7 nitrogen and oxygen atoms in total. The summed E-state index contributed by atoms with van der Waals surface area (Å²) < 4.78 is 0. The van der Waals surface area contributed by atoms with Crippen LogP contribution in [0.2, 0.25) is 0 Å². The van der Waals surface area contributed by atoms with E-state index in [1.807, 2.05) is 24.3 Å². The number of aliphatic hydroxyl groups is 2. The smallest absolute Gasteiger partial charge is 0.244 e. The van der Waals surface area contributed by atoms with Gasteiger partial charge in [0.2, 0.25) is 11.8 Å². The molecular weight excluding hydrogens is 384 g/mol. The van der Waals surface area contributed by atoms with Crippen molar-refractivity contribution in [2.75, 3.05) is 5.32 Å². The first-order valence-corrected chi connectivity index (χ1v) is 11.1. The summed E-state index contributed by atoms with van der Waals surface area (Å²) in [7, 11) is 0. The molecule has 2 amide bonds. The lowest BCUT2D eigenvalue weighted by Crippen LogP contribution is -2.63. The first-order valence-electron chi connectivity index (χ1n) is 11.1. The Kier molecular flexibility index (Phi) is 4.90. The Morgan fingerprint density at radius 3 is 2.33 bits per heavy atom. The minimum absolute atomic E-state index is 0.334. The van der Waals surface area contributed by atoms with Crippen LogP contribution in [0.15, 0.2) is 24.3 Å². The molecule has 1 aliphatic heterocycles. The zero-order chi connectivity index (χ0) is 21.0. The van der Waals surface area contributed by atoms with Crippen molar-refractivity contribution in [3.8, 4) is 0 Å². The van der Waals surface area contributed by atoms with Gasteiger partial charge < -0.3 is 20.8 Å². The lowest BCUT2D eigenvalue weighted by atomic mass is 9.72. The Morgan fingerprint density at radius 1 is 0.967 bits per heavy atom. The summed E-state index contributed by atoms with van der Waals surface area (Å²) in [5.41, 5.74) is 1.82. The van der Waals surface area contributed by atoms with E-state index in [-0.39, 0.29) is 5.92 Å². The highest BCUT2D eigenvalue weighted by Crippen LogP contribution is 2.51. The van der Waals surface area contributed by atoms with Crippen molar-refractivity contribution >= 4 is 23.3 Å². The van der Waals surface area contributed by atoms with Crippen LogP contribution in [0.25, 0.3) is 0 Å². The second kappa shape index (κ2) is 7.46. The van der Waals surface area contributed by atoms with Crippen molar-refractivity contribution in [1.29, 1.82) is 0 Å². The minimum Gasteiger partial charge on any atom is -0.390 e. The molecule has 0 aromatic heterocycles. The molecule has 3 aliphatic carbocycles. The van der Waals surface area contributed by atoms with Gasteiger partial charge in [-0.1, -0.05) is 31.4 Å². The summed E-state index contributed by atoms with van der Waals surface area (Å²) >= 11 is 0. The number of anilines is 1. The van der Waals surface area contributed by atoms with Gasteiger partial charge in [-0.05, 0) is 48.8 Å². The number of hydrogen-bond acceptors (Lipinski definition) is 5. The zero-order valence-electron chi connectivity index (χ0n) is 16.8. The topological polar surface area (TPSA) is 116 Å². The molecule has 30 heavy (non-hydrogen) atoms. The number of hydrogen-bond donors (Lipinski definition) is 4. The molecule has 1 aromatic rings. The van der Waals surface area contributed by atoms with E-state index < -0.39 is 53.6 Å². The van der Waals surface area contributed by atoms with Gasteiger partial charge in [0.1, 0.15) is 0 Å². The lowest BCUT2D eigenvalue weighted by Gasteiger charge is -2.40. The minimum atomic E-state index is -1.42. The molecule has 0 spiro atoms. The van der Waals surface area contributed by atoms with Crippen molar-refractivity contribution in [2.45, 2.75) is 62.7 Å². The average molecular weight is 412 g/mol. The standard InChI is InChI=1S/C23H28N2O5/c26-19-14-10-15(20(19)27)18-16(14)21(28)17(23(30)25-18)22(29)24-13-8-6-12(7-9-13)11-4-2-1-3-5-11/h6-9,11,14-20,26-27H,1-5,10H2,(H,24,29)(H,25,30)/t14-,15+,16?,17?,18+,19?,20?/m0/s1. The molecule has 4 unspecified atom stereocenters. The molecule has 1 heterocycles. The van der Waals surface area contributed by atoms with Gasteiger partial charge in [-0.25, -0.2) is 0 Å². The van der Waals surface area contributed by atoms with Gasteiger partial charge in [0.25, 0.3) is 0 Å². The fraction of sp³-hybridized carbons (Fsp3) is 0.609. The van der Waals surface area contributed by atoms with Crippen LogP contribution in [0.1, 0.15) is 50.0 Å². The Balaban J connectivity index is 1.28. The van der Waals surface area contributed by atoms with Crippen molar-refractivity contribution in [1.82, 2.24) is 5.32 Å². The quantitative estimate of drug-likeness (QED) is 0.559. The van der Waals surface area contributed by atoms with Gasteiger partial charge >= 0.3 is 0 Å². The highest BCUT2D eigenvalue weighted by Gasteiger charge is 2.64. The fourth-order valence-electron chi connectivity index (χ4n) is 6.24. The highest BCUT2D eigenvalue weighted by atomic mass is 16.3. The van der Waals surface area contributed by atoms with Crippen LogP contribution in [-0.2, 0) is 14.4 Å². The molecule has 3 saturated carbocycles. The van der Waals surface area contributed by atoms with E-state index >= 15 is 0 Å². The summed E-state index contributed by atoms with van der Waals surface area (Å²) in [6.45, 7) is 0. The lowest BCUT2D eigenvalue weighted by molar-refractivity contribution is -0.151. The van der Waals surface area contributed by atoms with Crippen molar-refractivity contribution in [2.24, 2.45) is 23.7 Å². The maximum atomic E-state index is 13.0. The van der Waals surface area contributed by atoms with E-state index in [1.165, 1.54) is 37.7 Å². The molecule has 5 rings (SSSR count). The number of benzene rings is 1. The van der Waals surface area contributed by atoms with E-state index in [4.69, 9.17) is 0 Å². The largest absolute Gasteiger partial charge is 0.390 e. The number of piperidine rings is 1. The summed E-state index contributed by atoms with van der Waals surface area (Å²) in [6.07, 6.45) is 4.74. The van der Waals surface area contributed by atoms with Crippen molar-refractivity contribution in [3.05, 3.63) is 29.8 Å². The van der Waals surface area contributed by atoms with E-state index in [0.29, 0.717) is 18.0 Å². The number of fused-ring (bicyclic) bond motifs is 5. The normalized spacial score (nSPS) is 38.3. The van der Waals surface area contributed by atoms with Gasteiger partial charge in [-0.3, -0.25) is 14.4 Å². The number of Topliss-reactive ketones (excluding diaryl/α,β-unsaturated/α-hetero) is 1. The molecule has 7 atom stereocenters. The third-order valence-electron chi connectivity index (χ3n) is 7.78. The Bertz CT molecular complexity index is 863. The fourth-order valence-corrected chi connectivity index (χ4v) is 6.24. The average Bonchev–Trinajstić information content (AvgIpc) is 3.25. The number of ketones is 1. The second-order valence-electron chi connectivity index (χ2n) is 9.39. The van der Waals surface area contributed by atoms with Gasteiger partial charge in [0.05, 0.1) is 12.2 Å². The summed E-state index contributed by atoms with van der Waals surface area (Å²) in [5, 5.41) is 25.8. The molecule has 1 aromatic carbocycles. The molecule has 160 valence electrons. The van der Waals surface area contributed by atoms with Crippen LogP contribution in [-0.4, -0.2) is 46.1 Å². The third-order valence-corrected chi connectivity index (χ3v) is 7.78. The number of amides is 2. The van der Waals surface area contributed by atoms with E-state index in [0.717, 1.165) is 0 Å². The molecule has 0 radical (unpaired) electrons. The Hall–Kier alpha value is -2.25. The van der Waals surface area contributed by atoms with E-state index in [2.05, 4.69) is 10.6 Å². The number of carbonyl (C=O) groups is 3. The maximum absolute atomic E-state index is 13.0. The van der Waals surface area contributed by atoms with Crippen LogP contribution >= 0.6 is 0 Å². The van der Waals surface area contributed by atoms with Crippen LogP contribution in [0.4, 0.5) is 5.69 Å².